The van der Waals surface area contributed by atoms with Crippen LogP contribution in [0.4, 0.5) is 0 Å². The van der Waals surface area contributed by atoms with Gasteiger partial charge in [-0.3, -0.25) is 0 Å². The van der Waals surface area contributed by atoms with Crippen LogP contribution in [0.5, 0.6) is 11.5 Å². The Hall–Kier alpha value is -2.40. The van der Waals surface area contributed by atoms with Crippen molar-refractivity contribution >= 4 is 61.1 Å². The summed E-state index contributed by atoms with van der Waals surface area (Å²) in [4.78, 5) is 0. The highest BCUT2D eigenvalue weighted by Crippen LogP contribution is 2.41. The summed E-state index contributed by atoms with van der Waals surface area (Å²) < 4.78 is 0. The van der Waals surface area contributed by atoms with Crippen LogP contribution in [0.1, 0.15) is 0 Å². The first-order chi connectivity index (χ1) is 15.5. The lowest BCUT2D eigenvalue weighted by Crippen LogP contribution is -2.41. The number of hydrogen-bond acceptors (Lipinski definition) is 2. The Balaban J connectivity index is 2.09. The van der Waals surface area contributed by atoms with E-state index in [-0.39, 0.29) is 0 Å². The molecule has 4 aromatic carbocycles. The van der Waals surface area contributed by atoms with Gasteiger partial charge in [-0.2, -0.15) is 0 Å². The topological polar surface area (TPSA) is 40.5 Å². The molecule has 0 aromatic heterocycles. The summed E-state index contributed by atoms with van der Waals surface area (Å²) >= 11 is 0. The predicted octanol–water partition coefficient (Wildman–Crippen LogP) is 5.10. The van der Waals surface area contributed by atoms with Crippen molar-refractivity contribution in [2.45, 2.75) is 39.3 Å². The van der Waals surface area contributed by atoms with Gasteiger partial charge < -0.3 is 10.2 Å². The van der Waals surface area contributed by atoms with Gasteiger partial charge in [0.05, 0.1) is 16.1 Å². The number of hydrogen-bond donors (Lipinski definition) is 2. The van der Waals surface area contributed by atoms with E-state index in [0.29, 0.717) is 11.5 Å². The Morgan fingerprint density at radius 3 is 1.45 bits per heavy atom. The van der Waals surface area contributed by atoms with Crippen molar-refractivity contribution in [1.29, 1.82) is 0 Å². The smallest absolute Gasteiger partial charge is 0.123 e. The third-order valence-corrected chi connectivity index (χ3v) is 12.7. The number of phenolic OH excluding ortho intramolecular Hbond substituents is 2. The van der Waals surface area contributed by atoms with E-state index in [1.165, 1.54) is 10.8 Å². The maximum absolute atomic E-state index is 11.6. The molecule has 0 saturated carbocycles. The summed E-state index contributed by atoms with van der Waals surface area (Å²) in [6.07, 6.45) is 0. The molecule has 0 fully saturated rings. The lowest BCUT2D eigenvalue weighted by atomic mass is 10.1. The Labute approximate surface area is 200 Å². The van der Waals surface area contributed by atoms with Gasteiger partial charge in [-0.15, -0.1) is 0 Å². The molecule has 2 N–H and O–H groups in total. The highest BCUT2D eigenvalue weighted by Gasteiger charge is 2.31. The van der Waals surface area contributed by atoms with E-state index in [4.69, 9.17) is 0 Å². The molecular formula is C28H33O2PSi2. The van der Waals surface area contributed by atoms with Crippen LogP contribution in [-0.4, -0.2) is 26.4 Å². The van der Waals surface area contributed by atoms with Crippen LogP contribution in [0, 0.1) is 0 Å². The first kappa shape index (κ1) is 23.8. The van der Waals surface area contributed by atoms with Crippen LogP contribution in [0.15, 0.2) is 78.9 Å². The monoisotopic (exact) mass is 488 g/mol. The first-order valence-electron chi connectivity index (χ1n) is 11.4. The molecule has 0 atom stereocenters. The van der Waals surface area contributed by atoms with Crippen LogP contribution in [0.3, 0.4) is 0 Å². The largest absolute Gasteiger partial charge is 0.507 e. The second kappa shape index (κ2) is 8.75. The lowest BCUT2D eigenvalue weighted by Gasteiger charge is -2.28. The molecule has 0 radical (unpaired) electrons. The van der Waals surface area contributed by atoms with Gasteiger partial charge >= 0.3 is 0 Å². The average molecular weight is 489 g/mol. The molecule has 2 nitrogen and oxygen atoms in total. The van der Waals surface area contributed by atoms with Crippen LogP contribution < -0.4 is 26.3 Å². The molecule has 4 rings (SSSR count). The standard InChI is InChI=1S/C28H33O2PSi2/c1-32(2,3)25-18-10-16-23(27(25)29)31(22-15-9-13-20-12-7-8-14-21(20)22)24-17-11-19-26(28(24)30)33(4,5)6/h7-19,29-30H,1-6H3. The van der Waals surface area contributed by atoms with E-state index in [9.17, 15) is 10.2 Å². The van der Waals surface area contributed by atoms with Gasteiger partial charge in [0.15, 0.2) is 0 Å². The Kier molecular flexibility index (Phi) is 6.30. The van der Waals surface area contributed by atoms with Gasteiger partial charge in [0.25, 0.3) is 0 Å². The SMILES string of the molecule is C[Si](C)(C)c1cccc(P(c2cccc([Si](C)(C)C)c2O)c2cccc3ccccc23)c1O. The zero-order chi connectivity index (χ0) is 24.0. The minimum atomic E-state index is -1.76. The second-order valence-electron chi connectivity index (χ2n) is 10.7. The first-order valence-corrected chi connectivity index (χ1v) is 19.8. The van der Waals surface area contributed by atoms with Gasteiger partial charge in [0.1, 0.15) is 11.5 Å². The zero-order valence-electron chi connectivity index (χ0n) is 20.3. The number of rotatable bonds is 5. The van der Waals surface area contributed by atoms with Gasteiger partial charge in [-0.05, 0) is 34.4 Å². The van der Waals surface area contributed by atoms with E-state index >= 15 is 0 Å². The van der Waals surface area contributed by atoms with Crippen molar-refractivity contribution in [2.75, 3.05) is 0 Å². The molecule has 0 aliphatic carbocycles. The van der Waals surface area contributed by atoms with Crippen LogP contribution in [-0.2, 0) is 0 Å². The average Bonchev–Trinajstić information content (AvgIpc) is 2.74. The quantitative estimate of drug-likeness (QED) is 0.303. The van der Waals surface area contributed by atoms with Crippen molar-refractivity contribution in [2.24, 2.45) is 0 Å². The fraction of sp³-hybridized carbons (Fsp3) is 0.214. The summed E-state index contributed by atoms with van der Waals surface area (Å²) in [7, 11) is -4.69. The highest BCUT2D eigenvalue weighted by atomic mass is 31.1. The van der Waals surface area contributed by atoms with Crippen molar-refractivity contribution < 1.29 is 10.2 Å². The number of para-hydroxylation sites is 2. The molecule has 0 saturated heterocycles. The summed E-state index contributed by atoms with van der Waals surface area (Å²) in [5, 5.41) is 30.6. The second-order valence-corrected chi connectivity index (χ2v) is 22.9. The van der Waals surface area contributed by atoms with Gasteiger partial charge in [0, 0.05) is 10.6 Å². The van der Waals surface area contributed by atoms with Crippen molar-refractivity contribution in [3.63, 3.8) is 0 Å². The lowest BCUT2D eigenvalue weighted by molar-refractivity contribution is 0.483. The number of benzene rings is 4. The van der Waals surface area contributed by atoms with Gasteiger partial charge in [-0.25, -0.2) is 0 Å². The molecule has 0 aliphatic rings. The molecular weight excluding hydrogens is 455 g/mol. The third kappa shape index (κ3) is 4.53. The van der Waals surface area contributed by atoms with Gasteiger partial charge in [-0.1, -0.05) is 118 Å². The summed E-state index contributed by atoms with van der Waals surface area (Å²) in [6.45, 7) is 13.6. The van der Waals surface area contributed by atoms with Crippen LogP contribution in [0.25, 0.3) is 10.8 Å². The molecule has 0 heterocycles. The Bertz CT molecular complexity index is 1250. The fourth-order valence-electron chi connectivity index (χ4n) is 4.43. The summed E-state index contributed by atoms with van der Waals surface area (Å²) in [5.74, 6) is 0.794. The minimum absolute atomic E-state index is 0.397. The predicted molar refractivity (Wildman–Crippen MR) is 152 cm³/mol. The third-order valence-electron chi connectivity index (χ3n) is 6.13. The van der Waals surface area contributed by atoms with E-state index in [1.54, 1.807) is 0 Å². The molecule has 0 amide bonds. The Morgan fingerprint density at radius 1 is 0.515 bits per heavy atom. The van der Waals surface area contributed by atoms with Crippen molar-refractivity contribution in [1.82, 2.24) is 0 Å². The zero-order valence-corrected chi connectivity index (χ0v) is 23.2. The minimum Gasteiger partial charge on any atom is -0.507 e. The highest BCUT2D eigenvalue weighted by molar-refractivity contribution is 7.80. The maximum Gasteiger partial charge on any atom is 0.123 e. The molecule has 0 bridgehead atoms. The van der Waals surface area contributed by atoms with Crippen LogP contribution in [0.2, 0.25) is 39.3 Å². The fourth-order valence-corrected chi connectivity index (χ4v) is 10.1. The van der Waals surface area contributed by atoms with Crippen molar-refractivity contribution in [3.8, 4) is 11.5 Å². The van der Waals surface area contributed by atoms with E-state index in [2.05, 4.69) is 106 Å². The van der Waals surface area contributed by atoms with Gasteiger partial charge in [0.2, 0.25) is 0 Å². The molecule has 5 heteroatoms. The summed E-state index contributed by atoms with van der Waals surface area (Å²) in [6, 6.07) is 27.2. The molecule has 0 spiro atoms. The normalized spacial score (nSPS) is 12.5. The van der Waals surface area contributed by atoms with Crippen LogP contribution >= 0.6 is 7.92 Å². The van der Waals surface area contributed by atoms with E-state index in [0.717, 1.165) is 26.3 Å². The van der Waals surface area contributed by atoms with Crippen molar-refractivity contribution in [3.05, 3.63) is 78.9 Å². The molecule has 170 valence electrons. The number of phenols is 2. The Morgan fingerprint density at radius 2 is 0.939 bits per heavy atom. The molecule has 0 unspecified atom stereocenters. The number of aromatic hydroxyl groups is 2. The van der Waals surface area contributed by atoms with E-state index < -0.39 is 24.1 Å². The maximum atomic E-state index is 11.6. The molecule has 33 heavy (non-hydrogen) atoms. The summed E-state index contributed by atoms with van der Waals surface area (Å²) in [5.41, 5.74) is 0. The molecule has 4 aromatic rings. The molecule has 0 aliphatic heterocycles. The van der Waals surface area contributed by atoms with E-state index in [1.807, 2.05) is 12.1 Å². The number of fused-ring (bicyclic) bond motifs is 1.